The Kier molecular flexibility index (Phi) is 5.43. The van der Waals surface area contributed by atoms with Crippen molar-refractivity contribution in [3.05, 3.63) is 11.9 Å². The van der Waals surface area contributed by atoms with Crippen molar-refractivity contribution < 1.29 is 27.9 Å². The highest BCUT2D eigenvalue weighted by Crippen LogP contribution is 2.11. The van der Waals surface area contributed by atoms with E-state index in [1.165, 1.54) is 10.9 Å². The van der Waals surface area contributed by atoms with E-state index in [0.717, 1.165) is 0 Å². The molecule has 0 unspecified atom stereocenters. The number of aromatic carboxylic acids is 1. The van der Waals surface area contributed by atoms with Crippen LogP contribution in [0.3, 0.4) is 0 Å². The molecule has 0 aromatic carbocycles. The molecular weight excluding hydrogens is 283 g/mol. The van der Waals surface area contributed by atoms with Gasteiger partial charge in [-0.15, -0.1) is 5.10 Å². The van der Waals surface area contributed by atoms with Crippen LogP contribution in [0.15, 0.2) is 6.20 Å². The largest absolute Gasteiger partial charge is 0.476 e. The molecule has 20 heavy (non-hydrogen) atoms. The van der Waals surface area contributed by atoms with Gasteiger partial charge < -0.3 is 15.7 Å². The lowest BCUT2D eigenvalue weighted by atomic mass is 10.5. The zero-order valence-electron chi connectivity index (χ0n) is 10.1. The normalized spacial score (nSPS) is 11.3. The van der Waals surface area contributed by atoms with Crippen LogP contribution in [-0.2, 0) is 11.3 Å². The summed E-state index contributed by atoms with van der Waals surface area (Å²) in [6.45, 7) is -1.46. The van der Waals surface area contributed by atoms with Crippen molar-refractivity contribution >= 4 is 11.9 Å². The summed E-state index contributed by atoms with van der Waals surface area (Å²) in [6.07, 6.45) is -3.19. The number of hydrogen-bond donors (Lipinski definition) is 3. The fraction of sp³-hybridized carbons (Fsp3) is 0.556. The van der Waals surface area contributed by atoms with Gasteiger partial charge in [-0.25, -0.2) is 9.48 Å². The smallest absolute Gasteiger partial charge is 0.401 e. The summed E-state index contributed by atoms with van der Waals surface area (Å²) in [6, 6.07) is 0. The Morgan fingerprint density at radius 1 is 1.40 bits per heavy atom. The molecule has 0 atom stereocenters. The first kappa shape index (κ1) is 15.9. The number of nitrogens with zero attached hydrogens (tertiary/aromatic N) is 3. The third-order valence-corrected chi connectivity index (χ3v) is 2.03. The quantitative estimate of drug-likeness (QED) is 0.610. The van der Waals surface area contributed by atoms with Crippen molar-refractivity contribution in [3.63, 3.8) is 0 Å². The first-order valence-electron chi connectivity index (χ1n) is 5.45. The van der Waals surface area contributed by atoms with E-state index in [4.69, 9.17) is 5.11 Å². The highest BCUT2D eigenvalue weighted by molar-refractivity contribution is 5.84. The molecule has 0 aliphatic rings. The molecule has 0 saturated heterocycles. The van der Waals surface area contributed by atoms with Crippen molar-refractivity contribution in [1.82, 2.24) is 25.6 Å². The minimum atomic E-state index is -4.37. The topological polar surface area (TPSA) is 109 Å². The molecule has 8 nitrogen and oxygen atoms in total. The van der Waals surface area contributed by atoms with Gasteiger partial charge in [-0.2, -0.15) is 13.2 Å². The maximum atomic E-state index is 11.8. The number of aromatic nitrogens is 3. The lowest BCUT2D eigenvalue weighted by Gasteiger charge is -2.08. The molecule has 1 aromatic heterocycles. The van der Waals surface area contributed by atoms with Gasteiger partial charge in [-0.3, -0.25) is 4.79 Å². The Hall–Kier alpha value is -2.17. The molecular formula is C9H12F3N5O3. The molecule has 3 N–H and O–H groups in total. The zero-order valence-corrected chi connectivity index (χ0v) is 10.1. The second-order valence-corrected chi connectivity index (χ2v) is 3.74. The summed E-state index contributed by atoms with van der Waals surface area (Å²) in [5.41, 5.74) is -0.233. The third-order valence-electron chi connectivity index (χ3n) is 2.03. The van der Waals surface area contributed by atoms with E-state index < -0.39 is 31.1 Å². The van der Waals surface area contributed by atoms with Gasteiger partial charge in [0, 0.05) is 6.54 Å². The van der Waals surface area contributed by atoms with Crippen LogP contribution in [0.5, 0.6) is 0 Å². The number of alkyl halides is 3. The molecule has 0 fully saturated rings. The van der Waals surface area contributed by atoms with Crippen LogP contribution in [0, 0.1) is 0 Å². The number of carbonyl (C=O) groups is 2. The average molecular weight is 295 g/mol. The van der Waals surface area contributed by atoms with E-state index in [1.807, 2.05) is 5.32 Å². The fourth-order valence-corrected chi connectivity index (χ4v) is 1.20. The number of amides is 1. The molecule has 1 aromatic rings. The molecule has 1 rings (SSSR count). The molecule has 0 saturated carbocycles. The third kappa shape index (κ3) is 6.13. The molecule has 0 aliphatic carbocycles. The Bertz CT molecular complexity index is 474. The van der Waals surface area contributed by atoms with E-state index in [9.17, 15) is 22.8 Å². The second-order valence-electron chi connectivity index (χ2n) is 3.74. The van der Waals surface area contributed by atoms with Gasteiger partial charge in [0.15, 0.2) is 5.69 Å². The number of carboxylic acids is 1. The predicted molar refractivity (Wildman–Crippen MR) is 58.9 cm³/mol. The van der Waals surface area contributed by atoms with Gasteiger partial charge in [0.2, 0.25) is 5.91 Å². The summed E-state index contributed by atoms with van der Waals surface area (Å²) in [7, 11) is 0. The van der Waals surface area contributed by atoms with E-state index in [2.05, 4.69) is 15.6 Å². The predicted octanol–water partition coefficient (Wildman–Crippen LogP) is -0.756. The van der Waals surface area contributed by atoms with Crippen LogP contribution in [0.2, 0.25) is 0 Å². The van der Waals surface area contributed by atoms with Gasteiger partial charge in [-0.05, 0) is 0 Å². The average Bonchev–Trinajstić information content (AvgIpc) is 2.76. The molecule has 0 radical (unpaired) electrons. The monoisotopic (exact) mass is 295 g/mol. The van der Waals surface area contributed by atoms with Crippen LogP contribution in [0.25, 0.3) is 0 Å². The fourth-order valence-electron chi connectivity index (χ4n) is 1.20. The van der Waals surface area contributed by atoms with Gasteiger partial charge >= 0.3 is 12.1 Å². The van der Waals surface area contributed by atoms with Gasteiger partial charge in [-0.1, -0.05) is 5.21 Å². The van der Waals surface area contributed by atoms with E-state index in [-0.39, 0.29) is 18.8 Å². The number of carboxylic acid groups (broad SMARTS) is 1. The molecule has 0 aliphatic heterocycles. The highest BCUT2D eigenvalue weighted by atomic mass is 19.4. The van der Waals surface area contributed by atoms with E-state index in [0.29, 0.717) is 0 Å². The van der Waals surface area contributed by atoms with Crippen LogP contribution in [0.1, 0.15) is 10.5 Å². The lowest BCUT2D eigenvalue weighted by molar-refractivity contribution is -0.128. The van der Waals surface area contributed by atoms with Crippen molar-refractivity contribution in [3.8, 4) is 0 Å². The summed E-state index contributed by atoms with van der Waals surface area (Å²) >= 11 is 0. The lowest BCUT2D eigenvalue weighted by Crippen LogP contribution is -2.39. The minimum Gasteiger partial charge on any atom is -0.476 e. The number of carbonyl (C=O) groups excluding carboxylic acids is 1. The van der Waals surface area contributed by atoms with Crippen molar-refractivity contribution in [2.75, 3.05) is 19.6 Å². The maximum Gasteiger partial charge on any atom is 0.401 e. The summed E-state index contributed by atoms with van der Waals surface area (Å²) in [5.74, 6) is -1.83. The van der Waals surface area contributed by atoms with Crippen molar-refractivity contribution in [2.24, 2.45) is 0 Å². The van der Waals surface area contributed by atoms with Crippen LogP contribution >= 0.6 is 0 Å². The zero-order chi connectivity index (χ0) is 15.2. The SMILES string of the molecule is O=C(CNCC(F)(F)F)NCCn1cc(C(=O)O)nn1. The van der Waals surface area contributed by atoms with E-state index >= 15 is 0 Å². The van der Waals surface area contributed by atoms with Crippen molar-refractivity contribution in [1.29, 1.82) is 0 Å². The summed E-state index contributed by atoms with van der Waals surface area (Å²) < 4.78 is 36.6. The Morgan fingerprint density at radius 2 is 2.10 bits per heavy atom. The van der Waals surface area contributed by atoms with E-state index in [1.54, 1.807) is 0 Å². The van der Waals surface area contributed by atoms with Crippen LogP contribution < -0.4 is 10.6 Å². The van der Waals surface area contributed by atoms with Gasteiger partial charge in [0.1, 0.15) is 0 Å². The molecule has 112 valence electrons. The number of rotatable bonds is 7. The highest BCUT2D eigenvalue weighted by Gasteiger charge is 2.26. The number of nitrogens with one attached hydrogen (secondary N) is 2. The summed E-state index contributed by atoms with van der Waals surface area (Å²) in [5, 5.41) is 19.7. The Labute approximate surface area is 110 Å². The molecule has 0 spiro atoms. The maximum absolute atomic E-state index is 11.8. The molecule has 1 heterocycles. The number of halogens is 3. The van der Waals surface area contributed by atoms with Gasteiger partial charge in [0.25, 0.3) is 0 Å². The van der Waals surface area contributed by atoms with Crippen LogP contribution in [0.4, 0.5) is 13.2 Å². The second kappa shape index (κ2) is 6.84. The Morgan fingerprint density at radius 3 is 2.65 bits per heavy atom. The minimum absolute atomic E-state index is 0.0922. The Balaban J connectivity index is 2.19. The first-order valence-corrected chi connectivity index (χ1v) is 5.45. The van der Waals surface area contributed by atoms with Crippen LogP contribution in [-0.4, -0.2) is 57.8 Å². The van der Waals surface area contributed by atoms with Gasteiger partial charge in [0.05, 0.1) is 25.8 Å². The standard InChI is InChI=1S/C9H12F3N5O3/c10-9(11,12)5-13-3-7(18)14-1-2-17-4-6(8(19)20)15-16-17/h4,13H,1-3,5H2,(H,14,18)(H,19,20). The van der Waals surface area contributed by atoms with Crippen molar-refractivity contribution in [2.45, 2.75) is 12.7 Å². The molecule has 1 amide bonds. The summed E-state index contributed by atoms with van der Waals surface area (Å²) in [4.78, 5) is 21.7. The molecule has 11 heteroatoms. The molecule has 0 bridgehead atoms. The first-order chi connectivity index (χ1) is 9.28. The number of hydrogen-bond acceptors (Lipinski definition) is 5.